The van der Waals surface area contributed by atoms with Crippen LogP contribution in [0, 0.1) is 0 Å². The molecule has 1 N–H and O–H groups in total. The van der Waals surface area contributed by atoms with E-state index in [0.29, 0.717) is 39.3 Å². The molecule has 0 aliphatic carbocycles. The van der Waals surface area contributed by atoms with Crippen LogP contribution in [0.3, 0.4) is 0 Å². The number of sulfonamides is 1. The summed E-state index contributed by atoms with van der Waals surface area (Å²) in [6.45, 7) is 4.16. The number of benzene rings is 1. The van der Waals surface area contributed by atoms with Gasteiger partial charge in [0.25, 0.3) is 0 Å². The predicted molar refractivity (Wildman–Crippen MR) is 92.0 cm³/mol. The molecule has 1 aromatic rings. The molecule has 134 valence electrons. The number of morpholine rings is 1. The monoisotopic (exact) mass is 354 g/mol. The molecule has 1 heterocycles. The van der Waals surface area contributed by atoms with Crippen molar-refractivity contribution in [1.29, 1.82) is 0 Å². The lowest BCUT2D eigenvalue weighted by molar-refractivity contribution is -0.121. The summed E-state index contributed by atoms with van der Waals surface area (Å²) in [7, 11) is -3.46. The molecule has 0 aromatic heterocycles. The van der Waals surface area contributed by atoms with Crippen LogP contribution in [-0.4, -0.2) is 44.9 Å². The number of carbonyl (C=O) groups is 1. The normalized spacial score (nSPS) is 16.0. The molecule has 1 aliphatic rings. The predicted octanol–water partition coefficient (Wildman–Crippen LogP) is 1.90. The van der Waals surface area contributed by atoms with E-state index in [-0.39, 0.29) is 10.8 Å². The van der Waals surface area contributed by atoms with Gasteiger partial charge in [0.2, 0.25) is 15.9 Å². The standard InChI is InChI=1S/C17H26N2O4S/c1-2-3-4-5-17(20)18-14-15-6-8-16(9-7-15)24(21,22)19-10-12-23-13-11-19/h6-9H,2-5,10-14H2,1H3,(H,18,20). The molecule has 0 atom stereocenters. The van der Waals surface area contributed by atoms with Crippen LogP contribution in [0.5, 0.6) is 0 Å². The maximum Gasteiger partial charge on any atom is 0.243 e. The molecule has 0 spiro atoms. The summed E-state index contributed by atoms with van der Waals surface area (Å²) in [6, 6.07) is 6.70. The highest BCUT2D eigenvalue weighted by Crippen LogP contribution is 2.17. The van der Waals surface area contributed by atoms with E-state index < -0.39 is 10.0 Å². The lowest BCUT2D eigenvalue weighted by Crippen LogP contribution is -2.40. The largest absolute Gasteiger partial charge is 0.379 e. The second-order valence-electron chi connectivity index (χ2n) is 5.89. The van der Waals surface area contributed by atoms with Crippen molar-refractivity contribution in [3.05, 3.63) is 29.8 Å². The lowest BCUT2D eigenvalue weighted by atomic mass is 10.2. The first-order valence-electron chi connectivity index (χ1n) is 8.47. The van der Waals surface area contributed by atoms with Gasteiger partial charge >= 0.3 is 0 Å². The first-order valence-corrected chi connectivity index (χ1v) is 9.91. The van der Waals surface area contributed by atoms with Gasteiger partial charge in [0.05, 0.1) is 18.1 Å². The van der Waals surface area contributed by atoms with Crippen LogP contribution in [0.2, 0.25) is 0 Å². The number of nitrogens with zero attached hydrogens (tertiary/aromatic N) is 1. The van der Waals surface area contributed by atoms with Gasteiger partial charge in [-0.15, -0.1) is 0 Å². The van der Waals surface area contributed by atoms with E-state index in [1.165, 1.54) is 4.31 Å². The van der Waals surface area contributed by atoms with Gasteiger partial charge in [-0.2, -0.15) is 4.31 Å². The lowest BCUT2D eigenvalue weighted by Gasteiger charge is -2.26. The zero-order chi connectivity index (χ0) is 17.4. The Morgan fingerprint density at radius 2 is 1.83 bits per heavy atom. The van der Waals surface area contributed by atoms with Gasteiger partial charge in [0, 0.05) is 26.1 Å². The Kier molecular flexibility index (Phi) is 7.20. The minimum absolute atomic E-state index is 0.0356. The molecule has 6 nitrogen and oxygen atoms in total. The summed E-state index contributed by atoms with van der Waals surface area (Å²) < 4.78 is 31.7. The minimum atomic E-state index is -3.46. The van der Waals surface area contributed by atoms with Crippen molar-refractivity contribution in [3.8, 4) is 0 Å². The molecule has 2 rings (SSSR count). The highest BCUT2D eigenvalue weighted by atomic mass is 32.2. The Hall–Kier alpha value is -1.44. The van der Waals surface area contributed by atoms with E-state index in [9.17, 15) is 13.2 Å². The van der Waals surface area contributed by atoms with Crippen LogP contribution in [0.15, 0.2) is 29.2 Å². The fraction of sp³-hybridized carbons (Fsp3) is 0.588. The van der Waals surface area contributed by atoms with Gasteiger partial charge in [0.1, 0.15) is 0 Å². The molecule has 0 unspecified atom stereocenters. The van der Waals surface area contributed by atoms with E-state index in [1.54, 1.807) is 24.3 Å². The summed E-state index contributed by atoms with van der Waals surface area (Å²) in [6.07, 6.45) is 3.59. The summed E-state index contributed by atoms with van der Waals surface area (Å²) in [5.74, 6) is 0.0356. The van der Waals surface area contributed by atoms with Gasteiger partial charge in [0.15, 0.2) is 0 Å². The number of carbonyl (C=O) groups excluding carboxylic acids is 1. The third-order valence-electron chi connectivity index (χ3n) is 4.03. The molecule has 24 heavy (non-hydrogen) atoms. The second-order valence-corrected chi connectivity index (χ2v) is 7.83. The third-order valence-corrected chi connectivity index (χ3v) is 5.94. The number of hydrogen-bond acceptors (Lipinski definition) is 4. The molecule has 0 radical (unpaired) electrons. The summed E-state index contributed by atoms with van der Waals surface area (Å²) >= 11 is 0. The average Bonchev–Trinajstić information content (AvgIpc) is 2.61. The number of amides is 1. The van der Waals surface area contributed by atoms with Crippen LogP contribution in [-0.2, 0) is 26.1 Å². The van der Waals surface area contributed by atoms with Crippen LogP contribution < -0.4 is 5.32 Å². The van der Waals surface area contributed by atoms with Crippen LogP contribution >= 0.6 is 0 Å². The fourth-order valence-electron chi connectivity index (χ4n) is 2.54. The van der Waals surface area contributed by atoms with Gasteiger partial charge in [-0.3, -0.25) is 4.79 Å². The summed E-state index contributed by atoms with van der Waals surface area (Å²) in [5.41, 5.74) is 0.889. The minimum Gasteiger partial charge on any atom is -0.379 e. The first-order chi connectivity index (χ1) is 11.5. The fourth-order valence-corrected chi connectivity index (χ4v) is 3.95. The van der Waals surface area contributed by atoms with Crippen LogP contribution in [0.1, 0.15) is 38.2 Å². The number of nitrogens with one attached hydrogen (secondary N) is 1. The Morgan fingerprint density at radius 1 is 1.17 bits per heavy atom. The average molecular weight is 354 g/mol. The molecule has 7 heteroatoms. The Morgan fingerprint density at radius 3 is 2.46 bits per heavy atom. The van der Waals surface area contributed by atoms with Crippen molar-refractivity contribution in [2.75, 3.05) is 26.3 Å². The molecule has 1 saturated heterocycles. The summed E-state index contributed by atoms with van der Waals surface area (Å²) in [4.78, 5) is 12.0. The van der Waals surface area contributed by atoms with Gasteiger partial charge < -0.3 is 10.1 Å². The number of unbranched alkanes of at least 4 members (excludes halogenated alkanes) is 2. The van der Waals surface area contributed by atoms with E-state index in [2.05, 4.69) is 12.2 Å². The van der Waals surface area contributed by atoms with E-state index in [0.717, 1.165) is 24.8 Å². The third kappa shape index (κ3) is 5.29. The maximum atomic E-state index is 12.5. The number of hydrogen-bond donors (Lipinski definition) is 1. The second kappa shape index (κ2) is 9.15. The summed E-state index contributed by atoms with van der Waals surface area (Å²) in [5, 5.41) is 2.86. The first kappa shape index (κ1) is 18.9. The van der Waals surface area contributed by atoms with Gasteiger partial charge in [-0.1, -0.05) is 31.9 Å². The van der Waals surface area contributed by atoms with Crippen molar-refractivity contribution in [3.63, 3.8) is 0 Å². The van der Waals surface area contributed by atoms with Crippen LogP contribution in [0.4, 0.5) is 0 Å². The molecule has 0 bridgehead atoms. The van der Waals surface area contributed by atoms with Crippen LogP contribution in [0.25, 0.3) is 0 Å². The Balaban J connectivity index is 1.89. The van der Waals surface area contributed by atoms with Crippen molar-refractivity contribution in [1.82, 2.24) is 9.62 Å². The zero-order valence-electron chi connectivity index (χ0n) is 14.2. The van der Waals surface area contributed by atoms with E-state index >= 15 is 0 Å². The molecule has 1 amide bonds. The molecular weight excluding hydrogens is 328 g/mol. The number of ether oxygens (including phenoxy) is 1. The Labute approximate surface area is 144 Å². The van der Waals surface area contributed by atoms with Crippen molar-refractivity contribution >= 4 is 15.9 Å². The molecule has 0 saturated carbocycles. The van der Waals surface area contributed by atoms with E-state index in [4.69, 9.17) is 4.74 Å². The zero-order valence-corrected chi connectivity index (χ0v) is 15.0. The maximum absolute atomic E-state index is 12.5. The van der Waals surface area contributed by atoms with E-state index in [1.807, 2.05) is 0 Å². The van der Waals surface area contributed by atoms with Gasteiger partial charge in [-0.25, -0.2) is 8.42 Å². The topological polar surface area (TPSA) is 75.7 Å². The van der Waals surface area contributed by atoms with Gasteiger partial charge in [-0.05, 0) is 24.1 Å². The SMILES string of the molecule is CCCCCC(=O)NCc1ccc(S(=O)(=O)N2CCOCC2)cc1. The smallest absolute Gasteiger partial charge is 0.243 e. The highest BCUT2D eigenvalue weighted by Gasteiger charge is 2.25. The highest BCUT2D eigenvalue weighted by molar-refractivity contribution is 7.89. The molecule has 1 fully saturated rings. The number of rotatable bonds is 8. The van der Waals surface area contributed by atoms with Crippen molar-refractivity contribution < 1.29 is 17.9 Å². The molecule has 1 aliphatic heterocycles. The van der Waals surface area contributed by atoms with Crippen molar-refractivity contribution in [2.24, 2.45) is 0 Å². The molecular formula is C17H26N2O4S. The Bertz CT molecular complexity index is 622. The van der Waals surface area contributed by atoms with Crippen molar-refractivity contribution in [2.45, 2.75) is 44.0 Å². The quantitative estimate of drug-likeness (QED) is 0.724. The molecule has 1 aromatic carbocycles.